The number of likely N-dealkylation sites (N-methyl/N-ethyl adjacent to an activating group) is 1. The fourth-order valence-electron chi connectivity index (χ4n) is 3.69. The van der Waals surface area contributed by atoms with Crippen molar-refractivity contribution in [3.05, 3.63) is 64.5 Å². The number of piperazine rings is 1. The van der Waals surface area contributed by atoms with Gasteiger partial charge in [0.1, 0.15) is 50.3 Å². The summed E-state index contributed by atoms with van der Waals surface area (Å²) in [6, 6.07) is 12.8. The van der Waals surface area contributed by atoms with Gasteiger partial charge in [-0.05, 0) is 17.7 Å². The summed E-state index contributed by atoms with van der Waals surface area (Å²) in [6.07, 6.45) is 1.52. The molecule has 4 rings (SSSR count). The third-order valence-corrected chi connectivity index (χ3v) is 5.34. The Labute approximate surface area is 152 Å². The van der Waals surface area contributed by atoms with E-state index >= 15 is 0 Å². The Balaban J connectivity index is 1.76. The van der Waals surface area contributed by atoms with E-state index in [9.17, 15) is 9.90 Å². The van der Waals surface area contributed by atoms with Crippen LogP contribution in [0.2, 0.25) is 0 Å². The molecular formula is C21H24N2O3+2. The lowest BCUT2D eigenvalue weighted by molar-refractivity contribution is -1.01. The van der Waals surface area contributed by atoms with Crippen LogP contribution in [-0.2, 0) is 6.54 Å². The Bertz CT molecular complexity index is 974. The Kier molecular flexibility index (Phi) is 4.49. The number of quaternary nitrogens is 2. The molecule has 1 saturated heterocycles. The summed E-state index contributed by atoms with van der Waals surface area (Å²) >= 11 is 0. The molecule has 1 aliphatic heterocycles. The lowest BCUT2D eigenvalue weighted by Crippen LogP contribution is -3.26. The van der Waals surface area contributed by atoms with Gasteiger partial charge in [0, 0.05) is 0 Å². The van der Waals surface area contributed by atoms with Crippen LogP contribution in [0.15, 0.2) is 57.9 Å². The monoisotopic (exact) mass is 352 g/mol. The van der Waals surface area contributed by atoms with E-state index in [1.165, 1.54) is 16.1 Å². The summed E-state index contributed by atoms with van der Waals surface area (Å²) in [5.74, 6) is 0.201. The van der Waals surface area contributed by atoms with Crippen LogP contribution < -0.4 is 15.2 Å². The predicted octanol–water partition coefficient (Wildman–Crippen LogP) is 0.0788. The van der Waals surface area contributed by atoms with Gasteiger partial charge in [0.15, 0.2) is 0 Å². The van der Waals surface area contributed by atoms with E-state index in [4.69, 9.17) is 4.42 Å². The first-order valence-electron chi connectivity index (χ1n) is 9.10. The summed E-state index contributed by atoms with van der Waals surface area (Å²) in [4.78, 5) is 15.9. The molecule has 2 heterocycles. The Morgan fingerprint density at radius 3 is 2.50 bits per heavy atom. The molecule has 0 spiro atoms. The molecule has 0 saturated carbocycles. The lowest BCUT2D eigenvalue weighted by atomic mass is 10.0. The first-order chi connectivity index (χ1) is 12.6. The zero-order chi connectivity index (χ0) is 18.1. The van der Waals surface area contributed by atoms with E-state index in [0.717, 1.165) is 37.3 Å². The third-order valence-electron chi connectivity index (χ3n) is 5.34. The molecule has 0 radical (unpaired) electrons. The molecule has 0 bridgehead atoms. The smallest absolute Gasteiger partial charge is 0.200 e. The molecule has 0 atom stereocenters. The Hall–Kier alpha value is -2.63. The van der Waals surface area contributed by atoms with Crippen LogP contribution in [0.5, 0.6) is 5.75 Å². The molecule has 1 fully saturated rings. The zero-order valence-corrected chi connectivity index (χ0v) is 14.9. The standard InChI is InChI=1S/C21H22N2O3/c1-22-9-11-23(12-10-22)13-17-19(24)8-7-16-20(25)18(14-26-21(16)17)15-5-3-2-4-6-15/h2-8,14,24H,9-13H2,1H3/p+2. The number of hydrogen-bond donors (Lipinski definition) is 3. The number of hydrogen-bond acceptors (Lipinski definition) is 3. The maximum absolute atomic E-state index is 13.0. The average molecular weight is 352 g/mol. The first-order valence-corrected chi connectivity index (χ1v) is 9.10. The highest BCUT2D eigenvalue weighted by molar-refractivity contribution is 5.85. The van der Waals surface area contributed by atoms with Gasteiger partial charge in [0.2, 0.25) is 5.43 Å². The van der Waals surface area contributed by atoms with Crippen LogP contribution >= 0.6 is 0 Å². The van der Waals surface area contributed by atoms with Gasteiger partial charge in [-0.15, -0.1) is 0 Å². The van der Waals surface area contributed by atoms with Crippen molar-refractivity contribution in [1.29, 1.82) is 0 Å². The molecule has 26 heavy (non-hydrogen) atoms. The van der Waals surface area contributed by atoms with E-state index < -0.39 is 0 Å². The summed E-state index contributed by atoms with van der Waals surface area (Å²) in [5.41, 5.74) is 2.56. The number of phenolic OH excluding ortho intramolecular Hbond substituents is 1. The van der Waals surface area contributed by atoms with E-state index in [-0.39, 0.29) is 11.2 Å². The van der Waals surface area contributed by atoms with Gasteiger partial charge in [-0.2, -0.15) is 0 Å². The second kappa shape index (κ2) is 6.94. The van der Waals surface area contributed by atoms with Crippen molar-refractivity contribution in [1.82, 2.24) is 0 Å². The highest BCUT2D eigenvalue weighted by Crippen LogP contribution is 2.27. The quantitative estimate of drug-likeness (QED) is 0.626. The molecule has 5 heteroatoms. The minimum Gasteiger partial charge on any atom is -0.507 e. The van der Waals surface area contributed by atoms with Gasteiger partial charge in [-0.3, -0.25) is 4.79 Å². The summed E-state index contributed by atoms with van der Waals surface area (Å²) in [5, 5.41) is 10.9. The van der Waals surface area contributed by atoms with Crippen molar-refractivity contribution in [2.45, 2.75) is 6.54 Å². The minimum atomic E-state index is -0.0588. The van der Waals surface area contributed by atoms with Gasteiger partial charge in [-0.25, -0.2) is 0 Å². The third kappa shape index (κ3) is 3.11. The van der Waals surface area contributed by atoms with Crippen LogP contribution in [0, 0.1) is 0 Å². The van der Waals surface area contributed by atoms with Crippen molar-refractivity contribution < 1.29 is 19.3 Å². The molecule has 134 valence electrons. The number of aromatic hydroxyl groups is 1. The van der Waals surface area contributed by atoms with Gasteiger partial charge in [0.05, 0.1) is 23.6 Å². The van der Waals surface area contributed by atoms with Crippen LogP contribution in [0.3, 0.4) is 0 Å². The number of nitrogens with one attached hydrogen (secondary N) is 2. The van der Waals surface area contributed by atoms with E-state index in [0.29, 0.717) is 23.1 Å². The van der Waals surface area contributed by atoms with Crippen LogP contribution in [-0.4, -0.2) is 38.3 Å². The summed E-state index contributed by atoms with van der Waals surface area (Å²) in [6.45, 7) is 5.00. The fraction of sp³-hybridized carbons (Fsp3) is 0.286. The molecule has 2 aromatic carbocycles. The molecular weight excluding hydrogens is 328 g/mol. The largest absolute Gasteiger partial charge is 0.507 e. The number of rotatable bonds is 3. The highest BCUT2D eigenvalue weighted by atomic mass is 16.3. The molecule has 0 amide bonds. The van der Waals surface area contributed by atoms with E-state index in [2.05, 4.69) is 7.05 Å². The zero-order valence-electron chi connectivity index (χ0n) is 14.9. The van der Waals surface area contributed by atoms with Crippen molar-refractivity contribution in [3.63, 3.8) is 0 Å². The van der Waals surface area contributed by atoms with Crippen LogP contribution in [0.1, 0.15) is 5.56 Å². The molecule has 3 N–H and O–H groups in total. The number of phenols is 1. The molecule has 1 aromatic heterocycles. The van der Waals surface area contributed by atoms with Gasteiger partial charge in [0.25, 0.3) is 0 Å². The highest BCUT2D eigenvalue weighted by Gasteiger charge is 2.24. The maximum atomic E-state index is 13.0. The van der Waals surface area contributed by atoms with Gasteiger partial charge >= 0.3 is 0 Å². The van der Waals surface area contributed by atoms with Crippen molar-refractivity contribution in [2.75, 3.05) is 33.2 Å². The predicted molar refractivity (Wildman–Crippen MR) is 101 cm³/mol. The van der Waals surface area contributed by atoms with Crippen LogP contribution in [0.25, 0.3) is 22.1 Å². The second-order valence-electron chi connectivity index (χ2n) is 7.17. The van der Waals surface area contributed by atoms with Gasteiger partial charge < -0.3 is 19.3 Å². The Morgan fingerprint density at radius 2 is 1.77 bits per heavy atom. The van der Waals surface area contributed by atoms with E-state index in [1.807, 2.05) is 30.3 Å². The normalized spacial score (nSPS) is 20.3. The molecule has 3 aromatic rings. The van der Waals surface area contributed by atoms with Crippen molar-refractivity contribution >= 4 is 11.0 Å². The van der Waals surface area contributed by atoms with Crippen molar-refractivity contribution in [3.8, 4) is 16.9 Å². The molecule has 0 aliphatic carbocycles. The van der Waals surface area contributed by atoms with Gasteiger partial charge in [-0.1, -0.05) is 30.3 Å². The fourth-order valence-corrected chi connectivity index (χ4v) is 3.69. The van der Waals surface area contributed by atoms with E-state index in [1.54, 1.807) is 12.1 Å². The molecule has 5 nitrogen and oxygen atoms in total. The number of fused-ring (bicyclic) bond motifs is 1. The summed E-state index contributed by atoms with van der Waals surface area (Å²) < 4.78 is 5.87. The first kappa shape index (κ1) is 16.8. The topological polar surface area (TPSA) is 59.3 Å². The molecule has 0 unspecified atom stereocenters. The summed E-state index contributed by atoms with van der Waals surface area (Å²) in [7, 11) is 2.20. The minimum absolute atomic E-state index is 0.0588. The van der Waals surface area contributed by atoms with Crippen LogP contribution in [0.4, 0.5) is 0 Å². The SMILES string of the molecule is C[NH+]1CC[NH+](Cc2c(O)ccc3c(=O)c(-c4ccccc4)coc23)CC1. The molecule has 1 aliphatic rings. The number of benzene rings is 2. The van der Waals surface area contributed by atoms with Crippen molar-refractivity contribution in [2.24, 2.45) is 0 Å². The second-order valence-corrected chi connectivity index (χ2v) is 7.17. The maximum Gasteiger partial charge on any atom is 0.200 e. The Morgan fingerprint density at radius 1 is 1.04 bits per heavy atom. The average Bonchev–Trinajstić information content (AvgIpc) is 2.66. The lowest BCUT2D eigenvalue weighted by Gasteiger charge is -2.27.